The van der Waals surface area contributed by atoms with Crippen LogP contribution in [0.25, 0.3) is 11.3 Å². The molecule has 0 aliphatic carbocycles. The summed E-state index contributed by atoms with van der Waals surface area (Å²) in [6, 6.07) is 5.00. The van der Waals surface area contributed by atoms with Gasteiger partial charge >= 0.3 is 0 Å². The summed E-state index contributed by atoms with van der Waals surface area (Å²) in [5.74, 6) is 0.762. The first-order valence-electron chi connectivity index (χ1n) is 10.1. The van der Waals surface area contributed by atoms with Gasteiger partial charge in [-0.2, -0.15) is 0 Å². The number of phenols is 1. The highest BCUT2D eigenvalue weighted by atomic mass is 35.5. The number of piperidine rings is 1. The first-order valence-corrected chi connectivity index (χ1v) is 10.5. The van der Waals surface area contributed by atoms with E-state index in [4.69, 9.17) is 16.3 Å². The minimum Gasteiger partial charge on any atom is -0.507 e. The van der Waals surface area contributed by atoms with E-state index < -0.39 is 6.17 Å². The molecule has 4 heterocycles. The fraction of sp³-hybridized carbons (Fsp3) is 0.524. The van der Waals surface area contributed by atoms with Gasteiger partial charge in [0.05, 0.1) is 12.2 Å². The minimum absolute atomic E-state index is 0.0314. The highest BCUT2D eigenvalue weighted by Gasteiger charge is 2.39. The van der Waals surface area contributed by atoms with Gasteiger partial charge in [-0.25, -0.2) is 4.39 Å². The van der Waals surface area contributed by atoms with E-state index in [1.165, 1.54) is 6.07 Å². The fourth-order valence-electron chi connectivity index (χ4n) is 4.91. The molecule has 1 aromatic heterocycles. The molecular weight excluding hydrogens is 395 g/mol. The summed E-state index contributed by atoms with van der Waals surface area (Å²) in [6.07, 6.45) is 2.36. The summed E-state index contributed by atoms with van der Waals surface area (Å²) in [4.78, 5) is 1.99. The van der Waals surface area contributed by atoms with Gasteiger partial charge in [-0.1, -0.05) is 11.6 Å². The number of anilines is 1. The van der Waals surface area contributed by atoms with Crippen molar-refractivity contribution >= 4 is 17.4 Å². The Morgan fingerprint density at radius 3 is 2.93 bits per heavy atom. The Bertz CT molecular complexity index is 933. The number of nitrogens with one attached hydrogen (secondary N) is 1. The number of halogens is 2. The number of fused-ring (bicyclic) bond motifs is 4. The van der Waals surface area contributed by atoms with Crippen LogP contribution in [0.15, 0.2) is 18.2 Å². The zero-order valence-electron chi connectivity index (χ0n) is 16.2. The van der Waals surface area contributed by atoms with Crippen molar-refractivity contribution < 1.29 is 14.2 Å². The average Bonchev–Trinajstić information content (AvgIpc) is 3.03. The molecule has 0 spiro atoms. The quantitative estimate of drug-likeness (QED) is 0.791. The number of hydrogen-bond acceptors (Lipinski definition) is 6. The molecule has 0 amide bonds. The summed E-state index contributed by atoms with van der Waals surface area (Å²) in [5, 5.41) is 23.3. The monoisotopic (exact) mass is 418 g/mol. The van der Waals surface area contributed by atoms with E-state index >= 15 is 0 Å². The lowest BCUT2D eigenvalue weighted by Crippen LogP contribution is -2.45. The number of rotatable bonds is 3. The van der Waals surface area contributed by atoms with Crippen LogP contribution in [0, 0.1) is 0 Å². The molecular formula is C21H24ClFN4O2. The third kappa shape index (κ3) is 3.56. The SMILES string of the molecule is CN1C[C@H](F)C[C@@H](Nc2nnc(-c3ccc(Cl)cc3O)c3c2[C@H]2CC[C@@H](C3)O2)C1. The zero-order valence-corrected chi connectivity index (χ0v) is 17.0. The summed E-state index contributed by atoms with van der Waals surface area (Å²) in [7, 11) is 1.93. The zero-order chi connectivity index (χ0) is 20.1. The number of hydrogen-bond donors (Lipinski definition) is 2. The van der Waals surface area contributed by atoms with Gasteiger partial charge in [0, 0.05) is 48.1 Å². The second-order valence-corrected chi connectivity index (χ2v) is 8.81. The van der Waals surface area contributed by atoms with Gasteiger partial charge in [0.2, 0.25) is 0 Å². The van der Waals surface area contributed by atoms with Crippen molar-refractivity contribution in [2.24, 2.45) is 0 Å². The van der Waals surface area contributed by atoms with Gasteiger partial charge in [0.1, 0.15) is 17.6 Å². The van der Waals surface area contributed by atoms with Gasteiger partial charge in [-0.05, 0) is 43.7 Å². The first kappa shape index (κ1) is 19.0. The molecule has 8 heteroatoms. The van der Waals surface area contributed by atoms with Gasteiger partial charge < -0.3 is 20.1 Å². The van der Waals surface area contributed by atoms with Crippen molar-refractivity contribution in [1.29, 1.82) is 0 Å². The highest BCUT2D eigenvalue weighted by molar-refractivity contribution is 6.30. The third-order valence-corrected chi connectivity index (χ3v) is 6.35. The topological polar surface area (TPSA) is 70.5 Å². The van der Waals surface area contributed by atoms with Crippen LogP contribution in [0.5, 0.6) is 5.75 Å². The average molecular weight is 419 g/mol. The molecule has 1 aromatic carbocycles. The Labute approximate surface area is 174 Å². The van der Waals surface area contributed by atoms with Crippen molar-refractivity contribution in [3.05, 3.63) is 34.3 Å². The second-order valence-electron chi connectivity index (χ2n) is 8.37. The van der Waals surface area contributed by atoms with E-state index in [1.807, 2.05) is 11.9 Å². The van der Waals surface area contributed by atoms with Crippen LogP contribution in [0.1, 0.15) is 36.5 Å². The molecule has 2 bridgehead atoms. The van der Waals surface area contributed by atoms with Crippen LogP contribution in [-0.4, -0.2) is 58.7 Å². The Morgan fingerprint density at radius 1 is 1.28 bits per heavy atom. The molecule has 6 nitrogen and oxygen atoms in total. The van der Waals surface area contributed by atoms with Crippen molar-refractivity contribution in [3.8, 4) is 17.0 Å². The van der Waals surface area contributed by atoms with Gasteiger partial charge in [0.25, 0.3) is 0 Å². The van der Waals surface area contributed by atoms with Crippen LogP contribution in [0.4, 0.5) is 10.2 Å². The maximum Gasteiger partial charge on any atom is 0.155 e. The molecule has 0 unspecified atom stereocenters. The number of nitrogens with zero attached hydrogens (tertiary/aromatic N) is 3. The number of aromatic nitrogens is 2. The van der Waals surface area contributed by atoms with Crippen LogP contribution < -0.4 is 5.32 Å². The molecule has 2 N–H and O–H groups in total. The molecule has 4 atom stereocenters. The molecule has 2 fully saturated rings. The van der Waals surface area contributed by atoms with E-state index in [9.17, 15) is 9.50 Å². The number of likely N-dealkylation sites (N-methyl/N-ethyl adjacent to an activating group) is 1. The minimum atomic E-state index is -0.854. The molecule has 2 aromatic rings. The second kappa shape index (κ2) is 7.38. The van der Waals surface area contributed by atoms with Crippen molar-refractivity contribution in [1.82, 2.24) is 15.1 Å². The first-order chi connectivity index (χ1) is 14.0. The molecule has 29 heavy (non-hydrogen) atoms. The highest BCUT2D eigenvalue weighted by Crippen LogP contribution is 2.47. The largest absolute Gasteiger partial charge is 0.507 e. The van der Waals surface area contributed by atoms with E-state index in [0.29, 0.717) is 35.1 Å². The number of likely N-dealkylation sites (tertiary alicyclic amines) is 1. The summed E-state index contributed by atoms with van der Waals surface area (Å²) in [6.45, 7) is 1.22. The molecule has 154 valence electrons. The maximum atomic E-state index is 14.1. The Balaban J connectivity index is 1.56. The number of aromatic hydroxyl groups is 1. The van der Waals surface area contributed by atoms with Crippen LogP contribution in [0.3, 0.4) is 0 Å². The Kier molecular flexibility index (Phi) is 4.84. The summed E-state index contributed by atoms with van der Waals surface area (Å²) < 4.78 is 20.2. The molecule has 3 aliphatic heterocycles. The standard InChI is InChI=1S/C21H24ClFN4O2/c1-27-9-12(23)7-13(10-27)24-21-19-16(8-14-3-5-18(19)29-14)20(25-26-21)15-4-2-11(22)6-17(15)28/h2,4,6,12-14,18,28H,3,5,7-10H2,1H3,(H,24,26)/t12-,13-,14+,18-/m1/s1. The number of benzene rings is 1. The van der Waals surface area contributed by atoms with Crippen molar-refractivity contribution in [3.63, 3.8) is 0 Å². The number of alkyl halides is 1. The van der Waals surface area contributed by atoms with E-state index in [2.05, 4.69) is 15.5 Å². The van der Waals surface area contributed by atoms with Crippen LogP contribution in [-0.2, 0) is 11.2 Å². The number of phenolic OH excluding ortho intramolecular Hbond substituents is 1. The third-order valence-electron chi connectivity index (χ3n) is 6.12. The molecule has 0 radical (unpaired) electrons. The Hall–Kier alpha value is -1.96. The van der Waals surface area contributed by atoms with Crippen LogP contribution in [0.2, 0.25) is 5.02 Å². The normalized spacial score (nSPS) is 28.9. The molecule has 2 saturated heterocycles. The molecule has 3 aliphatic rings. The molecule has 5 rings (SSSR count). The van der Waals surface area contributed by atoms with Crippen molar-refractivity contribution in [2.45, 2.75) is 50.1 Å². The fourth-order valence-corrected chi connectivity index (χ4v) is 5.07. The predicted molar refractivity (Wildman–Crippen MR) is 109 cm³/mol. The smallest absolute Gasteiger partial charge is 0.155 e. The van der Waals surface area contributed by atoms with Gasteiger partial charge in [0.15, 0.2) is 5.82 Å². The van der Waals surface area contributed by atoms with Crippen LogP contribution >= 0.6 is 11.6 Å². The number of ether oxygens (including phenoxy) is 1. The summed E-state index contributed by atoms with van der Waals surface area (Å²) >= 11 is 6.00. The lowest BCUT2D eigenvalue weighted by molar-refractivity contribution is 0.0325. The maximum absolute atomic E-state index is 14.1. The lowest BCUT2D eigenvalue weighted by atomic mass is 9.93. The Morgan fingerprint density at radius 2 is 2.14 bits per heavy atom. The molecule has 0 saturated carbocycles. The van der Waals surface area contributed by atoms with Crippen molar-refractivity contribution in [2.75, 3.05) is 25.5 Å². The van der Waals surface area contributed by atoms with E-state index in [1.54, 1.807) is 12.1 Å². The predicted octanol–water partition coefficient (Wildman–Crippen LogP) is 3.73. The van der Waals surface area contributed by atoms with Gasteiger partial charge in [-0.15, -0.1) is 10.2 Å². The van der Waals surface area contributed by atoms with E-state index in [-0.39, 0.29) is 24.0 Å². The lowest BCUT2D eigenvalue weighted by Gasteiger charge is -2.34. The summed E-state index contributed by atoms with van der Waals surface area (Å²) in [5.41, 5.74) is 3.35. The van der Waals surface area contributed by atoms with E-state index in [0.717, 1.165) is 36.9 Å². The van der Waals surface area contributed by atoms with Gasteiger partial charge in [-0.3, -0.25) is 0 Å².